The minimum Gasteiger partial charge on any atom is -0.480 e. The molecule has 1 aliphatic rings. The van der Waals surface area contributed by atoms with Crippen molar-refractivity contribution in [1.82, 2.24) is 10.6 Å². The molecule has 1 saturated carbocycles. The Kier molecular flexibility index (Phi) is 7.34. The number of nitrogens with one attached hydrogen (secondary N) is 3. The van der Waals surface area contributed by atoms with Gasteiger partial charge in [-0.05, 0) is 36.5 Å². The lowest BCUT2D eigenvalue weighted by Gasteiger charge is -2.23. The van der Waals surface area contributed by atoms with Crippen LogP contribution in [0.5, 0.6) is 0 Å². The van der Waals surface area contributed by atoms with Crippen molar-refractivity contribution in [3.63, 3.8) is 0 Å². The number of anilines is 1. The van der Waals surface area contributed by atoms with Crippen LogP contribution in [-0.4, -0.2) is 41.4 Å². The Morgan fingerprint density at radius 1 is 1.11 bits per heavy atom. The van der Waals surface area contributed by atoms with Gasteiger partial charge in [-0.15, -0.1) is 0 Å². The summed E-state index contributed by atoms with van der Waals surface area (Å²) < 4.78 is 0. The summed E-state index contributed by atoms with van der Waals surface area (Å²) >= 11 is 0. The van der Waals surface area contributed by atoms with Gasteiger partial charge < -0.3 is 21.1 Å². The standard InChI is InChI=1S/C19H25N3O5/c1-12(23)21-18(14-4-2-3-5-14)19(27)22-15-8-6-13(7-9-15)10-16(24)20-11-17(25)26/h6-9,14,18H,2-5,10-11H2,1H3,(H,20,24)(H,21,23)(H,22,27)(H,25,26). The highest BCUT2D eigenvalue weighted by atomic mass is 16.4. The number of hydrogen-bond acceptors (Lipinski definition) is 4. The minimum absolute atomic E-state index is 0.0537. The molecule has 0 spiro atoms. The van der Waals surface area contributed by atoms with Gasteiger partial charge in [0.2, 0.25) is 17.7 Å². The van der Waals surface area contributed by atoms with Crippen molar-refractivity contribution >= 4 is 29.4 Å². The van der Waals surface area contributed by atoms with Crippen LogP contribution >= 0.6 is 0 Å². The molecule has 1 unspecified atom stereocenters. The summed E-state index contributed by atoms with van der Waals surface area (Å²) in [6, 6.07) is 6.19. The number of carbonyl (C=O) groups excluding carboxylic acids is 3. The molecule has 27 heavy (non-hydrogen) atoms. The number of carboxylic acid groups (broad SMARTS) is 1. The van der Waals surface area contributed by atoms with Crippen LogP contribution in [0.3, 0.4) is 0 Å². The van der Waals surface area contributed by atoms with E-state index >= 15 is 0 Å². The van der Waals surface area contributed by atoms with E-state index in [1.807, 2.05) is 0 Å². The van der Waals surface area contributed by atoms with Crippen LogP contribution in [0.15, 0.2) is 24.3 Å². The molecule has 1 fully saturated rings. The number of carbonyl (C=O) groups is 4. The van der Waals surface area contributed by atoms with E-state index in [2.05, 4.69) is 16.0 Å². The van der Waals surface area contributed by atoms with E-state index in [4.69, 9.17) is 5.11 Å². The van der Waals surface area contributed by atoms with Gasteiger partial charge in [-0.25, -0.2) is 0 Å². The average Bonchev–Trinajstić information content (AvgIpc) is 3.13. The number of aliphatic carboxylic acids is 1. The molecule has 3 amide bonds. The van der Waals surface area contributed by atoms with Crippen LogP contribution in [-0.2, 0) is 25.6 Å². The Labute approximate surface area is 157 Å². The first-order valence-electron chi connectivity index (χ1n) is 9.00. The normalized spacial score (nSPS) is 15.0. The van der Waals surface area contributed by atoms with Crippen LogP contribution < -0.4 is 16.0 Å². The van der Waals surface area contributed by atoms with E-state index in [-0.39, 0.29) is 30.1 Å². The van der Waals surface area contributed by atoms with E-state index in [0.717, 1.165) is 25.7 Å². The summed E-state index contributed by atoms with van der Waals surface area (Å²) in [4.78, 5) is 46.1. The number of hydrogen-bond donors (Lipinski definition) is 4. The highest BCUT2D eigenvalue weighted by Crippen LogP contribution is 2.28. The Balaban J connectivity index is 1.93. The molecular formula is C19H25N3O5. The van der Waals surface area contributed by atoms with Crippen LogP contribution in [0.25, 0.3) is 0 Å². The maximum atomic E-state index is 12.6. The third-order valence-electron chi connectivity index (χ3n) is 4.54. The van der Waals surface area contributed by atoms with Gasteiger partial charge in [-0.2, -0.15) is 0 Å². The van der Waals surface area contributed by atoms with Gasteiger partial charge in [0.1, 0.15) is 12.6 Å². The van der Waals surface area contributed by atoms with Gasteiger partial charge in [-0.3, -0.25) is 19.2 Å². The van der Waals surface area contributed by atoms with Gasteiger partial charge >= 0.3 is 5.97 Å². The van der Waals surface area contributed by atoms with Crippen molar-refractivity contribution in [2.45, 2.75) is 45.1 Å². The van der Waals surface area contributed by atoms with Crippen molar-refractivity contribution in [3.05, 3.63) is 29.8 Å². The molecular weight excluding hydrogens is 350 g/mol. The largest absolute Gasteiger partial charge is 0.480 e. The summed E-state index contributed by atoms with van der Waals surface area (Å²) in [6.45, 7) is 0.984. The Morgan fingerprint density at radius 2 is 1.74 bits per heavy atom. The second-order valence-electron chi connectivity index (χ2n) is 6.76. The quantitative estimate of drug-likeness (QED) is 0.541. The van der Waals surface area contributed by atoms with E-state index in [9.17, 15) is 19.2 Å². The molecule has 0 aliphatic heterocycles. The second-order valence-corrected chi connectivity index (χ2v) is 6.76. The molecule has 146 valence electrons. The molecule has 1 aliphatic carbocycles. The lowest BCUT2D eigenvalue weighted by molar-refractivity contribution is -0.137. The molecule has 0 heterocycles. The molecule has 0 saturated heterocycles. The monoisotopic (exact) mass is 375 g/mol. The average molecular weight is 375 g/mol. The maximum absolute atomic E-state index is 12.6. The molecule has 1 aromatic rings. The van der Waals surface area contributed by atoms with Gasteiger partial charge in [0.25, 0.3) is 0 Å². The molecule has 8 nitrogen and oxygen atoms in total. The Hall–Kier alpha value is -2.90. The lowest BCUT2D eigenvalue weighted by Crippen LogP contribution is -2.47. The van der Waals surface area contributed by atoms with Gasteiger partial charge in [-0.1, -0.05) is 25.0 Å². The van der Waals surface area contributed by atoms with E-state index in [1.165, 1.54) is 6.92 Å². The number of benzene rings is 1. The zero-order chi connectivity index (χ0) is 19.8. The number of rotatable bonds is 8. The molecule has 2 rings (SSSR count). The van der Waals surface area contributed by atoms with Crippen molar-refractivity contribution in [1.29, 1.82) is 0 Å². The Bertz CT molecular complexity index is 696. The molecule has 0 radical (unpaired) electrons. The van der Waals surface area contributed by atoms with E-state index in [1.54, 1.807) is 24.3 Å². The molecule has 8 heteroatoms. The van der Waals surface area contributed by atoms with Crippen molar-refractivity contribution in [3.8, 4) is 0 Å². The molecule has 0 bridgehead atoms. The molecule has 0 aromatic heterocycles. The molecule has 1 atom stereocenters. The first-order chi connectivity index (χ1) is 12.8. The van der Waals surface area contributed by atoms with Crippen molar-refractivity contribution < 1.29 is 24.3 Å². The third kappa shape index (κ3) is 6.73. The van der Waals surface area contributed by atoms with Crippen LogP contribution in [0, 0.1) is 5.92 Å². The SMILES string of the molecule is CC(=O)NC(C(=O)Nc1ccc(CC(=O)NCC(=O)O)cc1)C1CCCC1. The summed E-state index contributed by atoms with van der Waals surface area (Å²) in [6.07, 6.45) is 4.02. The minimum atomic E-state index is -1.10. The topological polar surface area (TPSA) is 125 Å². The van der Waals surface area contributed by atoms with Crippen molar-refractivity contribution in [2.75, 3.05) is 11.9 Å². The summed E-state index contributed by atoms with van der Waals surface area (Å²) in [5, 5.41) is 16.4. The first-order valence-corrected chi connectivity index (χ1v) is 9.00. The number of amides is 3. The molecule has 4 N–H and O–H groups in total. The highest BCUT2D eigenvalue weighted by Gasteiger charge is 2.31. The van der Waals surface area contributed by atoms with Crippen molar-refractivity contribution in [2.24, 2.45) is 5.92 Å². The fourth-order valence-corrected chi connectivity index (χ4v) is 3.26. The predicted octanol–water partition coefficient (Wildman–Crippen LogP) is 1.06. The van der Waals surface area contributed by atoms with E-state index < -0.39 is 18.6 Å². The van der Waals surface area contributed by atoms with Gasteiger partial charge in [0.15, 0.2) is 0 Å². The summed E-state index contributed by atoms with van der Waals surface area (Å²) in [5.41, 5.74) is 1.27. The fourth-order valence-electron chi connectivity index (χ4n) is 3.26. The number of carboxylic acids is 1. The lowest BCUT2D eigenvalue weighted by atomic mass is 9.97. The molecule has 1 aromatic carbocycles. The van der Waals surface area contributed by atoms with Gasteiger partial charge in [0, 0.05) is 12.6 Å². The smallest absolute Gasteiger partial charge is 0.322 e. The third-order valence-corrected chi connectivity index (χ3v) is 4.54. The summed E-state index contributed by atoms with van der Waals surface area (Å²) in [7, 11) is 0. The predicted molar refractivity (Wildman–Crippen MR) is 99.0 cm³/mol. The zero-order valence-corrected chi connectivity index (χ0v) is 15.3. The Morgan fingerprint density at radius 3 is 2.30 bits per heavy atom. The highest BCUT2D eigenvalue weighted by molar-refractivity contribution is 5.97. The first kappa shape index (κ1) is 20.4. The van der Waals surface area contributed by atoms with Crippen LogP contribution in [0.4, 0.5) is 5.69 Å². The fraction of sp³-hybridized carbons (Fsp3) is 0.474. The van der Waals surface area contributed by atoms with Crippen LogP contribution in [0.1, 0.15) is 38.2 Å². The second kappa shape index (κ2) is 9.70. The van der Waals surface area contributed by atoms with E-state index in [0.29, 0.717) is 11.3 Å². The zero-order valence-electron chi connectivity index (χ0n) is 15.3. The van der Waals surface area contributed by atoms with Gasteiger partial charge in [0.05, 0.1) is 6.42 Å². The van der Waals surface area contributed by atoms with Crippen LogP contribution in [0.2, 0.25) is 0 Å². The maximum Gasteiger partial charge on any atom is 0.322 e. The summed E-state index contributed by atoms with van der Waals surface area (Å²) in [5.74, 6) is -1.82.